The van der Waals surface area contributed by atoms with Crippen LogP contribution in [0.5, 0.6) is 0 Å². The SMILES string of the molecule is COC(C)(C)C(=O)N(C)CC1CCCN1C. The van der Waals surface area contributed by atoms with Gasteiger partial charge in [0.05, 0.1) is 0 Å². The van der Waals surface area contributed by atoms with Crippen molar-refractivity contribution in [1.29, 1.82) is 0 Å². The van der Waals surface area contributed by atoms with Crippen molar-refractivity contribution in [2.75, 3.05) is 34.3 Å². The summed E-state index contributed by atoms with van der Waals surface area (Å²) < 4.78 is 5.21. The lowest BCUT2D eigenvalue weighted by Gasteiger charge is -2.31. The molecule has 0 aromatic heterocycles. The average Bonchev–Trinajstić information content (AvgIpc) is 2.63. The first kappa shape index (κ1) is 13.5. The van der Waals surface area contributed by atoms with E-state index < -0.39 is 5.60 Å². The van der Waals surface area contributed by atoms with Gasteiger partial charge in [-0.2, -0.15) is 0 Å². The molecule has 1 heterocycles. The molecule has 0 N–H and O–H groups in total. The van der Waals surface area contributed by atoms with Gasteiger partial charge in [-0.3, -0.25) is 4.79 Å². The maximum Gasteiger partial charge on any atom is 0.254 e. The zero-order chi connectivity index (χ0) is 12.3. The predicted octanol–water partition coefficient (Wildman–Crippen LogP) is 0.964. The summed E-state index contributed by atoms with van der Waals surface area (Å²) in [5.41, 5.74) is -0.716. The molecule has 4 nitrogen and oxygen atoms in total. The minimum Gasteiger partial charge on any atom is -0.369 e. The van der Waals surface area contributed by atoms with Gasteiger partial charge in [-0.1, -0.05) is 0 Å². The Kier molecular flexibility index (Phi) is 4.33. The molecule has 1 saturated heterocycles. The third kappa shape index (κ3) is 2.95. The van der Waals surface area contributed by atoms with Crippen LogP contribution in [-0.2, 0) is 9.53 Å². The highest BCUT2D eigenvalue weighted by Gasteiger charge is 2.32. The van der Waals surface area contributed by atoms with Crippen LogP contribution < -0.4 is 0 Å². The minimum absolute atomic E-state index is 0.0512. The lowest BCUT2D eigenvalue weighted by Crippen LogP contribution is -2.48. The van der Waals surface area contributed by atoms with Crippen LogP contribution in [0, 0.1) is 0 Å². The number of carbonyl (C=O) groups excluding carboxylic acids is 1. The smallest absolute Gasteiger partial charge is 0.254 e. The molecule has 0 aliphatic carbocycles. The van der Waals surface area contributed by atoms with E-state index in [2.05, 4.69) is 11.9 Å². The van der Waals surface area contributed by atoms with Gasteiger partial charge in [0, 0.05) is 26.7 Å². The highest BCUT2D eigenvalue weighted by Crippen LogP contribution is 2.17. The van der Waals surface area contributed by atoms with Crippen LogP contribution in [0.25, 0.3) is 0 Å². The van der Waals surface area contributed by atoms with E-state index >= 15 is 0 Å². The minimum atomic E-state index is -0.716. The Morgan fingerprint density at radius 1 is 1.56 bits per heavy atom. The normalized spacial score (nSPS) is 22.4. The van der Waals surface area contributed by atoms with Crippen molar-refractivity contribution in [2.24, 2.45) is 0 Å². The first-order valence-corrected chi connectivity index (χ1v) is 5.89. The Labute approximate surface area is 98.5 Å². The van der Waals surface area contributed by atoms with Crippen LogP contribution in [0.2, 0.25) is 0 Å². The molecule has 1 unspecified atom stereocenters. The Balaban J connectivity index is 2.51. The van der Waals surface area contributed by atoms with Crippen molar-refractivity contribution in [2.45, 2.75) is 38.3 Å². The molecule has 16 heavy (non-hydrogen) atoms. The number of nitrogens with zero attached hydrogens (tertiary/aromatic N) is 2. The van der Waals surface area contributed by atoms with Gasteiger partial charge >= 0.3 is 0 Å². The average molecular weight is 228 g/mol. The first-order valence-electron chi connectivity index (χ1n) is 5.89. The molecule has 1 amide bonds. The lowest BCUT2D eigenvalue weighted by molar-refractivity contribution is -0.150. The topological polar surface area (TPSA) is 32.8 Å². The van der Waals surface area contributed by atoms with Crippen molar-refractivity contribution < 1.29 is 9.53 Å². The largest absolute Gasteiger partial charge is 0.369 e. The molecular formula is C12H24N2O2. The lowest BCUT2D eigenvalue weighted by atomic mass is 10.1. The van der Waals surface area contributed by atoms with Crippen LogP contribution in [0.1, 0.15) is 26.7 Å². The summed E-state index contributed by atoms with van der Waals surface area (Å²) in [4.78, 5) is 16.2. The van der Waals surface area contributed by atoms with E-state index in [1.165, 1.54) is 12.8 Å². The summed E-state index contributed by atoms with van der Waals surface area (Å²) in [5.74, 6) is 0.0512. The molecule has 0 saturated carbocycles. The zero-order valence-corrected chi connectivity index (χ0v) is 11.1. The molecule has 1 rings (SSSR count). The van der Waals surface area contributed by atoms with E-state index in [0.717, 1.165) is 13.1 Å². The Morgan fingerprint density at radius 3 is 2.62 bits per heavy atom. The number of ether oxygens (including phenoxy) is 1. The molecule has 0 spiro atoms. The molecule has 1 fully saturated rings. The predicted molar refractivity (Wildman–Crippen MR) is 64.4 cm³/mol. The van der Waals surface area contributed by atoms with Crippen molar-refractivity contribution >= 4 is 5.91 Å². The highest BCUT2D eigenvalue weighted by atomic mass is 16.5. The fraction of sp³-hybridized carbons (Fsp3) is 0.917. The van der Waals surface area contributed by atoms with Crippen LogP contribution in [0.3, 0.4) is 0 Å². The van der Waals surface area contributed by atoms with Gasteiger partial charge in [0.1, 0.15) is 5.60 Å². The second kappa shape index (κ2) is 5.15. The summed E-state index contributed by atoms with van der Waals surface area (Å²) in [5, 5.41) is 0. The molecule has 1 atom stereocenters. The highest BCUT2D eigenvalue weighted by molar-refractivity contribution is 5.84. The second-order valence-electron chi connectivity index (χ2n) is 5.18. The number of amides is 1. The summed E-state index contributed by atoms with van der Waals surface area (Å²) in [6.07, 6.45) is 2.42. The fourth-order valence-electron chi connectivity index (χ4n) is 2.16. The van der Waals surface area contributed by atoms with E-state index in [-0.39, 0.29) is 5.91 Å². The number of likely N-dealkylation sites (tertiary alicyclic amines) is 1. The van der Waals surface area contributed by atoms with Crippen molar-refractivity contribution in [1.82, 2.24) is 9.80 Å². The molecule has 4 heteroatoms. The standard InChI is InChI=1S/C12H24N2O2/c1-12(2,16-5)11(15)14(4)9-10-7-6-8-13(10)3/h10H,6-9H2,1-5H3. The number of rotatable bonds is 4. The Bertz CT molecular complexity index is 253. The van der Waals surface area contributed by atoms with Crippen LogP contribution in [0.4, 0.5) is 0 Å². The van der Waals surface area contributed by atoms with E-state index in [4.69, 9.17) is 4.74 Å². The zero-order valence-electron chi connectivity index (χ0n) is 11.1. The summed E-state index contributed by atoms with van der Waals surface area (Å²) in [6, 6.07) is 0.501. The van der Waals surface area contributed by atoms with Gasteiger partial charge in [-0.05, 0) is 40.3 Å². The van der Waals surface area contributed by atoms with Gasteiger partial charge < -0.3 is 14.5 Å². The van der Waals surface area contributed by atoms with E-state index in [0.29, 0.717) is 6.04 Å². The molecule has 94 valence electrons. The van der Waals surface area contributed by atoms with E-state index in [9.17, 15) is 4.79 Å². The Morgan fingerprint density at radius 2 is 2.19 bits per heavy atom. The summed E-state index contributed by atoms with van der Waals surface area (Å²) in [7, 11) is 5.56. The molecule has 0 aromatic rings. The first-order chi connectivity index (χ1) is 7.38. The van der Waals surface area contributed by atoms with Gasteiger partial charge in [0.25, 0.3) is 5.91 Å². The number of carbonyl (C=O) groups is 1. The van der Waals surface area contributed by atoms with Crippen LogP contribution in [0.15, 0.2) is 0 Å². The van der Waals surface area contributed by atoms with Crippen LogP contribution >= 0.6 is 0 Å². The second-order valence-corrected chi connectivity index (χ2v) is 5.18. The van der Waals surface area contributed by atoms with Gasteiger partial charge in [0.2, 0.25) is 0 Å². The molecule has 0 aromatic carbocycles. The number of hydrogen-bond acceptors (Lipinski definition) is 3. The van der Waals surface area contributed by atoms with Gasteiger partial charge in [-0.15, -0.1) is 0 Å². The maximum absolute atomic E-state index is 12.1. The number of methoxy groups -OCH3 is 1. The van der Waals surface area contributed by atoms with Crippen molar-refractivity contribution in [3.8, 4) is 0 Å². The quantitative estimate of drug-likeness (QED) is 0.718. The van der Waals surface area contributed by atoms with Crippen molar-refractivity contribution in [3.05, 3.63) is 0 Å². The molecule has 1 aliphatic heterocycles. The fourth-order valence-corrected chi connectivity index (χ4v) is 2.16. The number of hydrogen-bond donors (Lipinski definition) is 0. The van der Waals surface area contributed by atoms with Gasteiger partial charge in [0.15, 0.2) is 0 Å². The molecule has 1 aliphatic rings. The third-order valence-corrected chi connectivity index (χ3v) is 3.53. The van der Waals surface area contributed by atoms with E-state index in [1.807, 2.05) is 20.9 Å². The van der Waals surface area contributed by atoms with E-state index in [1.54, 1.807) is 12.0 Å². The number of likely N-dealkylation sites (N-methyl/N-ethyl adjacent to an activating group) is 2. The van der Waals surface area contributed by atoms with Crippen LogP contribution in [-0.4, -0.2) is 61.6 Å². The molecule has 0 radical (unpaired) electrons. The molecular weight excluding hydrogens is 204 g/mol. The Hall–Kier alpha value is -0.610. The summed E-state index contributed by atoms with van der Waals surface area (Å²) >= 11 is 0. The molecule has 0 bridgehead atoms. The maximum atomic E-state index is 12.1. The third-order valence-electron chi connectivity index (χ3n) is 3.53. The monoisotopic (exact) mass is 228 g/mol. The van der Waals surface area contributed by atoms with Gasteiger partial charge in [-0.25, -0.2) is 0 Å². The summed E-state index contributed by atoms with van der Waals surface area (Å²) in [6.45, 7) is 5.55. The van der Waals surface area contributed by atoms with Crippen molar-refractivity contribution in [3.63, 3.8) is 0 Å².